The Balaban J connectivity index is -0.000000291. The lowest BCUT2D eigenvalue weighted by molar-refractivity contribution is -0.139. The van der Waals surface area contributed by atoms with Crippen molar-refractivity contribution in [2.45, 2.75) is 39.0 Å². The van der Waals surface area contributed by atoms with Gasteiger partial charge in [0.1, 0.15) is 0 Å². The van der Waals surface area contributed by atoms with Crippen LogP contribution in [0.15, 0.2) is 12.7 Å². The number of aliphatic carboxylic acids is 3. The minimum atomic E-state index is -0.981. The normalized spacial score (nSPS) is 9.67. The highest BCUT2D eigenvalue weighted by Gasteiger charge is 2.24. The summed E-state index contributed by atoms with van der Waals surface area (Å²) in [5.41, 5.74) is -0.667. The third-order valence-corrected chi connectivity index (χ3v) is 2.96. The molecule has 0 spiro atoms. The van der Waals surface area contributed by atoms with Gasteiger partial charge in [-0.05, 0) is 19.3 Å². The molecule has 0 radical (unpaired) electrons. The number of unbranched alkanes of at least 4 members (excludes halogenated alkanes) is 1. The fraction of sp³-hybridized carbons (Fsp3) is 0.667. The highest BCUT2D eigenvalue weighted by atomic mass is 16.4. The van der Waals surface area contributed by atoms with Crippen molar-refractivity contribution >= 4 is 17.9 Å². The average molecular weight is 352 g/mol. The third-order valence-electron chi connectivity index (χ3n) is 2.96. The van der Waals surface area contributed by atoms with E-state index in [4.69, 9.17) is 30.6 Å². The van der Waals surface area contributed by atoms with Crippen LogP contribution in [0, 0.1) is 5.41 Å². The first kappa shape index (κ1) is 26.9. The lowest BCUT2D eigenvalue weighted by Crippen LogP contribution is -2.32. The van der Waals surface area contributed by atoms with E-state index in [1.165, 1.54) is 0 Å². The van der Waals surface area contributed by atoms with E-state index in [2.05, 4.69) is 6.58 Å². The Kier molecular flexibility index (Phi) is 19.5. The van der Waals surface area contributed by atoms with E-state index in [0.717, 1.165) is 6.08 Å². The first-order valence-corrected chi connectivity index (χ1v) is 7.26. The maximum atomic E-state index is 9.90. The second-order valence-electron chi connectivity index (χ2n) is 4.86. The zero-order chi connectivity index (χ0) is 19.6. The van der Waals surface area contributed by atoms with Crippen LogP contribution in [0.1, 0.15) is 39.0 Å². The molecule has 0 fully saturated rings. The van der Waals surface area contributed by atoms with Crippen molar-refractivity contribution in [3.8, 4) is 0 Å². The Hall–Kier alpha value is -1.97. The van der Waals surface area contributed by atoms with Crippen molar-refractivity contribution in [1.82, 2.24) is 0 Å². The maximum Gasteiger partial charge on any atom is 0.327 e. The fourth-order valence-corrected chi connectivity index (χ4v) is 1.04. The highest BCUT2D eigenvalue weighted by molar-refractivity contribution is 5.78. The van der Waals surface area contributed by atoms with Gasteiger partial charge < -0.3 is 30.6 Å². The molecule has 0 atom stereocenters. The molecule has 0 bridgehead atoms. The van der Waals surface area contributed by atoms with Crippen molar-refractivity contribution in [1.29, 1.82) is 0 Å². The second-order valence-corrected chi connectivity index (χ2v) is 4.86. The molecule has 0 heterocycles. The molecule has 0 aliphatic carbocycles. The molecule has 24 heavy (non-hydrogen) atoms. The number of carboxylic acid groups (broad SMARTS) is 3. The second kappa shape index (κ2) is 17.4. The van der Waals surface area contributed by atoms with Crippen molar-refractivity contribution in [3.63, 3.8) is 0 Å². The minimum Gasteiger partial charge on any atom is -0.481 e. The van der Waals surface area contributed by atoms with Crippen LogP contribution in [0.5, 0.6) is 0 Å². The van der Waals surface area contributed by atoms with Crippen molar-refractivity contribution in [2.24, 2.45) is 5.41 Å². The van der Waals surface area contributed by atoms with Crippen molar-refractivity contribution < 1.29 is 45.0 Å². The van der Waals surface area contributed by atoms with Crippen molar-refractivity contribution in [2.75, 3.05) is 19.8 Å². The summed E-state index contributed by atoms with van der Waals surface area (Å²) >= 11 is 0. The van der Waals surface area contributed by atoms with Crippen LogP contribution in [0.2, 0.25) is 0 Å². The molecule has 0 aliphatic heterocycles. The zero-order valence-corrected chi connectivity index (χ0v) is 13.8. The van der Waals surface area contributed by atoms with Gasteiger partial charge in [0.2, 0.25) is 0 Å². The summed E-state index contributed by atoms with van der Waals surface area (Å²) in [6, 6.07) is 0. The molecular formula is C15H28O9. The maximum absolute atomic E-state index is 9.90. The molecule has 0 saturated carbocycles. The Labute approximate surface area is 140 Å². The molecule has 142 valence electrons. The summed E-state index contributed by atoms with van der Waals surface area (Å²) in [6.07, 6.45) is 2.44. The standard InChI is InChI=1S/C6H10O4.C6H14O3.C3H4O2/c7-5(8)3-1-2-4-6(9)10;1-2-6(3-7,4-8)5-9;1-2-3(4)5/h1-4H2,(H,7,8)(H,9,10);7-9H,2-5H2,1H3;2H,1H2,(H,4,5). The smallest absolute Gasteiger partial charge is 0.327 e. The molecule has 0 unspecified atom stereocenters. The summed E-state index contributed by atoms with van der Waals surface area (Å²) in [7, 11) is 0. The summed E-state index contributed by atoms with van der Waals surface area (Å²) in [5.74, 6) is -2.72. The summed E-state index contributed by atoms with van der Waals surface area (Å²) in [4.78, 5) is 29.0. The molecule has 0 aromatic heterocycles. The van der Waals surface area contributed by atoms with Crippen LogP contribution >= 0.6 is 0 Å². The van der Waals surface area contributed by atoms with E-state index in [1.807, 2.05) is 6.92 Å². The van der Waals surface area contributed by atoms with Crippen molar-refractivity contribution in [3.05, 3.63) is 12.7 Å². The summed E-state index contributed by atoms with van der Waals surface area (Å²) in [6.45, 7) is 4.31. The summed E-state index contributed by atoms with van der Waals surface area (Å²) in [5, 5.41) is 49.8. The first-order chi connectivity index (χ1) is 11.1. The Morgan fingerprint density at radius 1 is 0.875 bits per heavy atom. The number of hydrogen-bond acceptors (Lipinski definition) is 6. The predicted octanol–water partition coefficient (Wildman–Crippen LogP) is 0.333. The van der Waals surface area contributed by atoms with Gasteiger partial charge >= 0.3 is 17.9 Å². The molecule has 9 heteroatoms. The minimum absolute atomic E-state index is 0.0628. The van der Waals surface area contributed by atoms with E-state index in [9.17, 15) is 14.4 Å². The monoisotopic (exact) mass is 352 g/mol. The predicted molar refractivity (Wildman–Crippen MR) is 85.6 cm³/mol. The summed E-state index contributed by atoms with van der Waals surface area (Å²) < 4.78 is 0. The number of hydrogen-bond donors (Lipinski definition) is 6. The van der Waals surface area contributed by atoms with Gasteiger partial charge in [0, 0.05) is 24.3 Å². The van der Waals surface area contributed by atoms with Gasteiger partial charge in [-0.1, -0.05) is 13.5 Å². The molecular weight excluding hydrogens is 324 g/mol. The van der Waals surface area contributed by atoms with Gasteiger partial charge in [0.15, 0.2) is 0 Å². The molecule has 6 N–H and O–H groups in total. The SMILES string of the molecule is C=CC(=O)O.CCC(CO)(CO)CO.O=C(O)CCCCC(=O)O. The van der Waals surface area contributed by atoms with Crippen LogP contribution in [-0.2, 0) is 14.4 Å². The van der Waals surface area contributed by atoms with Crippen LogP contribution in [0.4, 0.5) is 0 Å². The quantitative estimate of drug-likeness (QED) is 0.239. The Morgan fingerprint density at radius 2 is 1.17 bits per heavy atom. The van der Waals surface area contributed by atoms with Gasteiger partial charge in [0.25, 0.3) is 0 Å². The lowest BCUT2D eigenvalue weighted by Gasteiger charge is -2.24. The number of aliphatic hydroxyl groups is 3. The van der Waals surface area contributed by atoms with E-state index >= 15 is 0 Å². The Morgan fingerprint density at radius 3 is 1.25 bits per heavy atom. The lowest BCUT2D eigenvalue weighted by atomic mass is 9.88. The van der Waals surface area contributed by atoms with Crippen LogP contribution < -0.4 is 0 Å². The topological polar surface area (TPSA) is 173 Å². The van der Waals surface area contributed by atoms with Gasteiger partial charge in [-0.2, -0.15) is 0 Å². The molecule has 9 nitrogen and oxygen atoms in total. The average Bonchev–Trinajstić information content (AvgIpc) is 2.55. The fourth-order valence-electron chi connectivity index (χ4n) is 1.04. The molecule has 0 aliphatic rings. The van der Waals surface area contributed by atoms with Gasteiger partial charge in [0.05, 0.1) is 19.8 Å². The van der Waals surface area contributed by atoms with Gasteiger partial charge in [-0.3, -0.25) is 9.59 Å². The van der Waals surface area contributed by atoms with Crippen LogP contribution in [0.25, 0.3) is 0 Å². The molecule has 0 rings (SSSR count). The van der Waals surface area contributed by atoms with E-state index in [1.54, 1.807) is 0 Å². The highest BCUT2D eigenvalue weighted by Crippen LogP contribution is 2.18. The largest absolute Gasteiger partial charge is 0.481 e. The molecule has 0 aromatic rings. The number of rotatable bonds is 10. The van der Waals surface area contributed by atoms with E-state index in [-0.39, 0.29) is 32.7 Å². The van der Waals surface area contributed by atoms with Gasteiger partial charge in [-0.25, -0.2) is 4.79 Å². The number of carbonyl (C=O) groups is 3. The number of carboxylic acids is 3. The molecule has 0 aromatic carbocycles. The van der Waals surface area contributed by atoms with E-state index in [0.29, 0.717) is 19.3 Å². The zero-order valence-electron chi connectivity index (χ0n) is 13.8. The third kappa shape index (κ3) is 20.0. The number of aliphatic hydroxyl groups excluding tert-OH is 3. The van der Waals surface area contributed by atoms with Crippen LogP contribution in [-0.4, -0.2) is 68.4 Å². The Bertz CT molecular complexity index is 328. The molecule has 0 amide bonds. The van der Waals surface area contributed by atoms with Crippen LogP contribution in [0.3, 0.4) is 0 Å². The van der Waals surface area contributed by atoms with Gasteiger partial charge in [-0.15, -0.1) is 0 Å². The molecule has 0 saturated heterocycles. The van der Waals surface area contributed by atoms with E-state index < -0.39 is 23.3 Å². The first-order valence-electron chi connectivity index (χ1n) is 7.26.